The van der Waals surface area contributed by atoms with Crippen LogP contribution < -0.4 is 10.6 Å². The molecule has 0 radical (unpaired) electrons. The first-order chi connectivity index (χ1) is 8.37. The van der Waals surface area contributed by atoms with E-state index in [2.05, 4.69) is 10.6 Å². The molecular formula is C12H22N2O4. The van der Waals surface area contributed by atoms with Crippen molar-refractivity contribution in [2.75, 3.05) is 6.61 Å². The lowest BCUT2D eigenvalue weighted by Gasteiger charge is -2.30. The van der Waals surface area contributed by atoms with Crippen LogP contribution in [0.2, 0.25) is 0 Å². The Kier molecular flexibility index (Phi) is 4.95. The highest BCUT2D eigenvalue weighted by atomic mass is 16.5. The third-order valence-corrected chi connectivity index (χ3v) is 3.39. The fourth-order valence-corrected chi connectivity index (χ4v) is 1.89. The number of hydrogen-bond donors (Lipinski definition) is 3. The van der Waals surface area contributed by atoms with E-state index in [1.807, 2.05) is 6.92 Å². The lowest BCUT2D eigenvalue weighted by Crippen LogP contribution is -2.57. The van der Waals surface area contributed by atoms with Crippen molar-refractivity contribution < 1.29 is 19.4 Å². The second kappa shape index (κ2) is 6.04. The van der Waals surface area contributed by atoms with Crippen LogP contribution in [0.15, 0.2) is 0 Å². The Morgan fingerprint density at radius 2 is 2.17 bits per heavy atom. The number of carbonyl (C=O) groups is 2. The molecule has 0 aromatic carbocycles. The predicted molar refractivity (Wildman–Crippen MR) is 66.4 cm³/mol. The molecule has 1 fully saturated rings. The highest BCUT2D eigenvalue weighted by Crippen LogP contribution is 2.14. The number of rotatable bonds is 4. The van der Waals surface area contributed by atoms with Gasteiger partial charge in [0.25, 0.3) is 0 Å². The Morgan fingerprint density at radius 1 is 1.50 bits per heavy atom. The number of amides is 2. The monoisotopic (exact) mass is 258 g/mol. The van der Waals surface area contributed by atoms with Crippen molar-refractivity contribution in [3.05, 3.63) is 0 Å². The second-order valence-corrected chi connectivity index (χ2v) is 4.99. The Hall–Kier alpha value is -1.30. The summed E-state index contributed by atoms with van der Waals surface area (Å²) in [5.74, 6) is -1.03. The minimum absolute atomic E-state index is 0.0450. The molecule has 1 aliphatic rings. The molecule has 0 aromatic rings. The van der Waals surface area contributed by atoms with Crippen LogP contribution in [0.25, 0.3) is 0 Å². The summed E-state index contributed by atoms with van der Waals surface area (Å²) in [7, 11) is 0. The molecule has 6 nitrogen and oxygen atoms in total. The van der Waals surface area contributed by atoms with E-state index in [1.165, 1.54) is 6.92 Å². The van der Waals surface area contributed by atoms with Crippen molar-refractivity contribution in [3.63, 3.8) is 0 Å². The second-order valence-electron chi connectivity index (χ2n) is 4.99. The molecule has 0 bridgehead atoms. The molecule has 6 heteroatoms. The minimum Gasteiger partial charge on any atom is -0.480 e. The number of nitrogens with one attached hydrogen (secondary N) is 2. The SMILES string of the molecule is CCC(C)(NC(=O)NC1CCOC(C)C1)C(=O)O. The van der Waals surface area contributed by atoms with Gasteiger partial charge in [-0.05, 0) is 33.1 Å². The van der Waals surface area contributed by atoms with Crippen molar-refractivity contribution in [3.8, 4) is 0 Å². The van der Waals surface area contributed by atoms with Crippen LogP contribution in [-0.2, 0) is 9.53 Å². The van der Waals surface area contributed by atoms with Gasteiger partial charge >= 0.3 is 12.0 Å². The van der Waals surface area contributed by atoms with Gasteiger partial charge in [-0.15, -0.1) is 0 Å². The summed E-state index contributed by atoms with van der Waals surface area (Å²) >= 11 is 0. The molecule has 3 atom stereocenters. The van der Waals surface area contributed by atoms with Gasteiger partial charge in [0, 0.05) is 12.6 Å². The molecule has 0 aromatic heterocycles. The molecule has 3 unspecified atom stereocenters. The van der Waals surface area contributed by atoms with Crippen LogP contribution in [-0.4, -0.2) is 41.4 Å². The van der Waals surface area contributed by atoms with Gasteiger partial charge in [-0.25, -0.2) is 9.59 Å². The van der Waals surface area contributed by atoms with Gasteiger partial charge in [0.05, 0.1) is 6.10 Å². The largest absolute Gasteiger partial charge is 0.480 e. The zero-order chi connectivity index (χ0) is 13.8. The van der Waals surface area contributed by atoms with E-state index in [4.69, 9.17) is 9.84 Å². The summed E-state index contributed by atoms with van der Waals surface area (Å²) in [6.07, 6.45) is 1.97. The van der Waals surface area contributed by atoms with Crippen molar-refractivity contribution in [1.29, 1.82) is 0 Å². The van der Waals surface area contributed by atoms with Crippen molar-refractivity contribution in [2.45, 2.75) is 57.7 Å². The molecule has 0 spiro atoms. The Labute approximate surface area is 107 Å². The number of carbonyl (C=O) groups excluding carboxylic acids is 1. The first-order valence-corrected chi connectivity index (χ1v) is 6.31. The van der Waals surface area contributed by atoms with Gasteiger partial charge in [0.2, 0.25) is 0 Å². The zero-order valence-electron chi connectivity index (χ0n) is 11.2. The molecule has 0 aliphatic carbocycles. The van der Waals surface area contributed by atoms with Crippen molar-refractivity contribution >= 4 is 12.0 Å². The normalized spacial score (nSPS) is 27.1. The first-order valence-electron chi connectivity index (χ1n) is 6.31. The van der Waals surface area contributed by atoms with Crippen molar-refractivity contribution in [2.24, 2.45) is 0 Å². The molecule has 1 rings (SSSR count). The summed E-state index contributed by atoms with van der Waals surface area (Å²) in [6, 6.07) is -0.385. The number of hydrogen-bond acceptors (Lipinski definition) is 3. The van der Waals surface area contributed by atoms with Crippen LogP contribution >= 0.6 is 0 Å². The minimum atomic E-state index is -1.22. The third kappa shape index (κ3) is 3.87. The third-order valence-electron chi connectivity index (χ3n) is 3.39. The Balaban J connectivity index is 2.48. The summed E-state index contributed by atoms with van der Waals surface area (Å²) in [5.41, 5.74) is -1.22. The van der Waals surface area contributed by atoms with Crippen LogP contribution in [0, 0.1) is 0 Å². The summed E-state index contributed by atoms with van der Waals surface area (Å²) in [6.45, 7) is 5.81. The van der Waals surface area contributed by atoms with Gasteiger partial charge in [-0.2, -0.15) is 0 Å². The van der Waals surface area contributed by atoms with Crippen LogP contribution in [0.1, 0.15) is 40.0 Å². The average Bonchev–Trinajstić information content (AvgIpc) is 2.28. The smallest absolute Gasteiger partial charge is 0.329 e. The Bertz CT molecular complexity index is 321. The first kappa shape index (κ1) is 14.8. The van der Waals surface area contributed by atoms with E-state index in [-0.39, 0.29) is 12.1 Å². The molecule has 1 aliphatic heterocycles. The maximum absolute atomic E-state index is 11.8. The molecule has 2 amide bonds. The summed E-state index contributed by atoms with van der Waals surface area (Å²) < 4.78 is 5.38. The lowest BCUT2D eigenvalue weighted by molar-refractivity contribution is -0.143. The maximum Gasteiger partial charge on any atom is 0.329 e. The standard InChI is InChI=1S/C12H22N2O4/c1-4-12(3,10(15)16)14-11(17)13-9-5-6-18-8(2)7-9/h8-9H,4-7H2,1-3H3,(H,15,16)(H2,13,14,17). The van der Waals surface area contributed by atoms with E-state index in [0.717, 1.165) is 12.8 Å². The van der Waals surface area contributed by atoms with Crippen LogP contribution in [0.3, 0.4) is 0 Å². The van der Waals surface area contributed by atoms with Gasteiger partial charge in [0.15, 0.2) is 0 Å². The van der Waals surface area contributed by atoms with Gasteiger partial charge in [0.1, 0.15) is 5.54 Å². The van der Waals surface area contributed by atoms with Crippen molar-refractivity contribution in [1.82, 2.24) is 10.6 Å². The summed E-state index contributed by atoms with van der Waals surface area (Å²) in [4.78, 5) is 22.8. The number of urea groups is 1. The van der Waals surface area contributed by atoms with Gasteiger partial charge in [-0.1, -0.05) is 6.92 Å². The highest BCUT2D eigenvalue weighted by molar-refractivity contribution is 5.85. The molecule has 104 valence electrons. The molecule has 0 saturated carbocycles. The topological polar surface area (TPSA) is 87.7 Å². The van der Waals surface area contributed by atoms with E-state index in [9.17, 15) is 9.59 Å². The lowest BCUT2D eigenvalue weighted by atomic mass is 9.99. The highest BCUT2D eigenvalue weighted by Gasteiger charge is 2.33. The maximum atomic E-state index is 11.8. The van der Waals surface area contributed by atoms with Gasteiger partial charge in [-0.3, -0.25) is 0 Å². The van der Waals surface area contributed by atoms with E-state index in [0.29, 0.717) is 13.0 Å². The Morgan fingerprint density at radius 3 is 2.67 bits per heavy atom. The van der Waals surface area contributed by atoms with Gasteiger partial charge < -0.3 is 20.5 Å². The average molecular weight is 258 g/mol. The van der Waals surface area contributed by atoms with Crippen LogP contribution in [0.4, 0.5) is 4.79 Å². The quantitative estimate of drug-likeness (QED) is 0.704. The molecule has 18 heavy (non-hydrogen) atoms. The molecule has 1 saturated heterocycles. The molecule has 1 heterocycles. The summed E-state index contributed by atoms with van der Waals surface area (Å²) in [5, 5.41) is 14.4. The molecular weight excluding hydrogens is 236 g/mol. The number of carboxylic acid groups (broad SMARTS) is 1. The zero-order valence-corrected chi connectivity index (χ0v) is 11.2. The molecule has 3 N–H and O–H groups in total. The van der Waals surface area contributed by atoms with Crippen LogP contribution in [0.5, 0.6) is 0 Å². The number of ether oxygens (including phenoxy) is 1. The van der Waals surface area contributed by atoms with E-state index < -0.39 is 17.5 Å². The predicted octanol–water partition coefficient (Wildman–Crippen LogP) is 1.11. The number of carboxylic acids is 1. The number of aliphatic carboxylic acids is 1. The van der Waals surface area contributed by atoms with E-state index >= 15 is 0 Å². The fourth-order valence-electron chi connectivity index (χ4n) is 1.89. The fraction of sp³-hybridized carbons (Fsp3) is 0.833. The van der Waals surface area contributed by atoms with E-state index in [1.54, 1.807) is 6.92 Å².